The lowest BCUT2D eigenvalue weighted by Gasteiger charge is -2.20. The van der Waals surface area contributed by atoms with Gasteiger partial charge in [0.1, 0.15) is 17.2 Å². The van der Waals surface area contributed by atoms with Crippen LogP contribution in [0.4, 0.5) is 5.13 Å². The summed E-state index contributed by atoms with van der Waals surface area (Å²) in [7, 11) is 1.56. The van der Waals surface area contributed by atoms with Crippen molar-refractivity contribution in [2.24, 2.45) is 0 Å². The zero-order valence-electron chi connectivity index (χ0n) is 17.1. The number of nitrogens with zero attached hydrogens (tertiary/aromatic N) is 2. The Morgan fingerprint density at radius 2 is 1.87 bits per heavy atom. The third-order valence-electron chi connectivity index (χ3n) is 4.75. The molecule has 0 spiro atoms. The SMILES string of the molecule is CNC(=O)c1cc(Oc2ccc3nc(N[C@@H](C)[C@@H](O)c4ccccc4)sc3c2)ccn1. The Morgan fingerprint density at radius 1 is 1.10 bits per heavy atom. The molecule has 2 atom stereocenters. The molecule has 7 nitrogen and oxygen atoms in total. The van der Waals surface area contributed by atoms with E-state index in [1.807, 2.05) is 55.5 Å². The molecule has 1 amide bonds. The van der Waals surface area contributed by atoms with Crippen molar-refractivity contribution < 1.29 is 14.6 Å². The zero-order chi connectivity index (χ0) is 21.8. The number of pyridine rings is 1. The Morgan fingerprint density at radius 3 is 2.65 bits per heavy atom. The lowest BCUT2D eigenvalue weighted by Crippen LogP contribution is -2.23. The number of hydrogen-bond acceptors (Lipinski definition) is 7. The van der Waals surface area contributed by atoms with Gasteiger partial charge in [-0.3, -0.25) is 9.78 Å². The standard InChI is InChI=1S/C23H22N4O3S/c1-14(21(28)15-6-4-3-5-7-15)26-23-27-18-9-8-16(13-20(18)31-23)30-17-10-11-25-19(12-17)22(29)24-2/h3-14,21,28H,1-2H3,(H,24,29)(H,26,27)/t14-,21+/m0/s1. The van der Waals surface area contributed by atoms with Crippen molar-refractivity contribution in [1.29, 1.82) is 0 Å². The number of aliphatic hydroxyl groups is 1. The highest BCUT2D eigenvalue weighted by Gasteiger charge is 2.17. The molecule has 158 valence electrons. The number of nitrogens with one attached hydrogen (secondary N) is 2. The normalized spacial score (nSPS) is 12.9. The molecule has 0 aliphatic carbocycles. The molecule has 2 heterocycles. The Kier molecular flexibility index (Phi) is 6.11. The van der Waals surface area contributed by atoms with Crippen molar-refractivity contribution in [1.82, 2.24) is 15.3 Å². The van der Waals surface area contributed by atoms with Crippen molar-refractivity contribution in [2.45, 2.75) is 19.1 Å². The number of thiazole rings is 1. The van der Waals surface area contributed by atoms with Gasteiger partial charge in [-0.05, 0) is 30.7 Å². The van der Waals surface area contributed by atoms with Gasteiger partial charge in [0.15, 0.2) is 5.13 Å². The fourth-order valence-corrected chi connectivity index (χ4v) is 4.10. The highest BCUT2D eigenvalue weighted by Crippen LogP contribution is 2.32. The lowest BCUT2D eigenvalue weighted by atomic mass is 10.0. The highest BCUT2D eigenvalue weighted by molar-refractivity contribution is 7.22. The van der Waals surface area contributed by atoms with Crippen LogP contribution in [0.3, 0.4) is 0 Å². The Bertz CT molecular complexity index is 1200. The average molecular weight is 435 g/mol. The predicted octanol–water partition coefficient (Wildman–Crippen LogP) is 4.38. The summed E-state index contributed by atoms with van der Waals surface area (Å²) in [5, 5.41) is 17.1. The van der Waals surface area contributed by atoms with Gasteiger partial charge in [-0.25, -0.2) is 4.98 Å². The van der Waals surface area contributed by atoms with Crippen molar-refractivity contribution in [3.8, 4) is 11.5 Å². The summed E-state index contributed by atoms with van der Waals surface area (Å²) in [5.41, 5.74) is 1.98. The molecule has 0 bridgehead atoms. The molecule has 2 aromatic heterocycles. The summed E-state index contributed by atoms with van der Waals surface area (Å²) >= 11 is 1.48. The van der Waals surface area contributed by atoms with E-state index in [1.54, 1.807) is 19.2 Å². The highest BCUT2D eigenvalue weighted by atomic mass is 32.1. The molecule has 2 aromatic carbocycles. The third kappa shape index (κ3) is 4.82. The van der Waals surface area contributed by atoms with Crippen LogP contribution in [0.5, 0.6) is 11.5 Å². The summed E-state index contributed by atoms with van der Waals surface area (Å²) < 4.78 is 6.85. The molecule has 4 aromatic rings. The lowest BCUT2D eigenvalue weighted by molar-refractivity contribution is 0.0958. The van der Waals surface area contributed by atoms with Gasteiger partial charge >= 0.3 is 0 Å². The average Bonchev–Trinajstić information content (AvgIpc) is 3.20. The molecule has 0 saturated carbocycles. The zero-order valence-corrected chi connectivity index (χ0v) is 17.9. The molecule has 31 heavy (non-hydrogen) atoms. The summed E-state index contributed by atoms with van der Waals surface area (Å²) in [4.78, 5) is 20.4. The van der Waals surface area contributed by atoms with E-state index in [0.29, 0.717) is 11.5 Å². The van der Waals surface area contributed by atoms with Gasteiger partial charge < -0.3 is 20.5 Å². The van der Waals surface area contributed by atoms with Crippen molar-refractivity contribution in [2.75, 3.05) is 12.4 Å². The fourth-order valence-electron chi connectivity index (χ4n) is 3.11. The number of aromatic nitrogens is 2. The molecule has 4 rings (SSSR count). The van der Waals surface area contributed by atoms with Crippen LogP contribution in [-0.4, -0.2) is 34.1 Å². The molecule has 8 heteroatoms. The first-order valence-electron chi connectivity index (χ1n) is 9.79. The fraction of sp³-hybridized carbons (Fsp3) is 0.174. The molecule has 0 radical (unpaired) electrons. The van der Waals surface area contributed by atoms with Crippen LogP contribution in [-0.2, 0) is 0 Å². The van der Waals surface area contributed by atoms with Gasteiger partial charge in [0.05, 0.1) is 22.4 Å². The number of ether oxygens (including phenoxy) is 1. The molecule has 0 fully saturated rings. The molecular formula is C23H22N4O3S. The van der Waals surface area contributed by atoms with Crippen LogP contribution in [0.25, 0.3) is 10.2 Å². The summed E-state index contributed by atoms with van der Waals surface area (Å²) in [6, 6.07) is 18.2. The number of rotatable bonds is 7. The van der Waals surface area contributed by atoms with E-state index in [4.69, 9.17) is 4.74 Å². The van der Waals surface area contributed by atoms with Gasteiger partial charge in [-0.15, -0.1) is 0 Å². The van der Waals surface area contributed by atoms with Crippen molar-refractivity contribution in [3.05, 3.63) is 78.1 Å². The van der Waals surface area contributed by atoms with E-state index in [9.17, 15) is 9.90 Å². The summed E-state index contributed by atoms with van der Waals surface area (Å²) in [6.45, 7) is 1.92. The predicted molar refractivity (Wildman–Crippen MR) is 122 cm³/mol. The number of amides is 1. The largest absolute Gasteiger partial charge is 0.457 e. The minimum absolute atomic E-state index is 0.210. The van der Waals surface area contributed by atoms with Crippen LogP contribution in [0, 0.1) is 0 Å². The molecule has 0 unspecified atom stereocenters. The number of hydrogen-bond donors (Lipinski definition) is 3. The van der Waals surface area contributed by atoms with Gasteiger partial charge in [0.25, 0.3) is 5.91 Å². The van der Waals surface area contributed by atoms with Gasteiger partial charge in [-0.1, -0.05) is 41.7 Å². The minimum atomic E-state index is -0.645. The summed E-state index contributed by atoms with van der Waals surface area (Å²) in [6.07, 6.45) is 0.889. The molecular weight excluding hydrogens is 412 g/mol. The van der Waals surface area contributed by atoms with Crippen LogP contribution in [0.15, 0.2) is 66.9 Å². The smallest absolute Gasteiger partial charge is 0.269 e. The number of benzene rings is 2. The number of fused-ring (bicyclic) bond motifs is 1. The van der Waals surface area contributed by atoms with Crippen molar-refractivity contribution >= 4 is 32.6 Å². The van der Waals surface area contributed by atoms with Crippen molar-refractivity contribution in [3.63, 3.8) is 0 Å². The van der Waals surface area contributed by atoms with Crippen LogP contribution in [0.2, 0.25) is 0 Å². The first kappa shape index (κ1) is 20.8. The Hall–Kier alpha value is -3.49. The first-order chi connectivity index (χ1) is 15.0. The monoisotopic (exact) mass is 434 g/mol. The number of carbonyl (C=O) groups excluding carboxylic acids is 1. The van der Waals surface area contributed by atoms with E-state index in [2.05, 4.69) is 20.6 Å². The molecule has 0 aliphatic rings. The maximum atomic E-state index is 11.8. The second-order valence-corrected chi connectivity index (χ2v) is 8.03. The van der Waals surface area contributed by atoms with E-state index < -0.39 is 6.10 Å². The van der Waals surface area contributed by atoms with E-state index in [1.165, 1.54) is 17.5 Å². The number of aliphatic hydroxyl groups excluding tert-OH is 1. The van der Waals surface area contributed by atoms with E-state index in [-0.39, 0.29) is 17.6 Å². The van der Waals surface area contributed by atoms with Gasteiger partial charge in [0, 0.05) is 25.4 Å². The number of carbonyl (C=O) groups is 1. The number of anilines is 1. The van der Waals surface area contributed by atoms with E-state index >= 15 is 0 Å². The Labute approximate surface area is 183 Å². The van der Waals surface area contributed by atoms with Gasteiger partial charge in [-0.2, -0.15) is 0 Å². The second-order valence-electron chi connectivity index (χ2n) is 7.00. The topological polar surface area (TPSA) is 96.4 Å². The maximum Gasteiger partial charge on any atom is 0.269 e. The molecule has 0 aliphatic heterocycles. The first-order valence-corrected chi connectivity index (χ1v) is 10.6. The van der Waals surface area contributed by atoms with Crippen LogP contribution in [0.1, 0.15) is 29.1 Å². The van der Waals surface area contributed by atoms with Gasteiger partial charge in [0.2, 0.25) is 0 Å². The van der Waals surface area contributed by atoms with Crippen LogP contribution < -0.4 is 15.4 Å². The molecule has 3 N–H and O–H groups in total. The maximum absolute atomic E-state index is 11.8. The summed E-state index contributed by atoms with van der Waals surface area (Å²) in [5.74, 6) is 0.885. The second kappa shape index (κ2) is 9.11. The minimum Gasteiger partial charge on any atom is -0.457 e. The van der Waals surface area contributed by atoms with Crippen LogP contribution >= 0.6 is 11.3 Å². The third-order valence-corrected chi connectivity index (χ3v) is 5.70. The quantitative estimate of drug-likeness (QED) is 0.400. The Balaban J connectivity index is 1.49. The molecule has 0 saturated heterocycles. The van der Waals surface area contributed by atoms with E-state index in [0.717, 1.165) is 20.9 Å².